The third kappa shape index (κ3) is 3.87. The Labute approximate surface area is 145 Å². The van der Waals surface area contributed by atoms with Crippen LogP contribution in [0, 0.1) is 5.82 Å². The minimum absolute atomic E-state index is 0.0657. The summed E-state index contributed by atoms with van der Waals surface area (Å²) in [7, 11) is 0. The Morgan fingerprint density at radius 3 is 2.92 bits per heavy atom. The van der Waals surface area contributed by atoms with E-state index in [9.17, 15) is 14.0 Å². The summed E-state index contributed by atoms with van der Waals surface area (Å²) in [4.78, 5) is 25.3. The number of benzene rings is 1. The number of carbonyl (C=O) groups is 2. The Hall–Kier alpha value is -2.70. The third-order valence-corrected chi connectivity index (χ3v) is 4.25. The van der Waals surface area contributed by atoms with Crippen LogP contribution in [0.5, 0.6) is 0 Å². The number of hydrogen-bond acceptors (Lipinski definition) is 4. The van der Waals surface area contributed by atoms with Crippen molar-refractivity contribution in [2.75, 3.05) is 13.1 Å². The molecule has 0 spiro atoms. The Bertz CT molecular complexity index is 761. The lowest BCUT2D eigenvalue weighted by Gasteiger charge is -2.19. The zero-order valence-electron chi connectivity index (χ0n) is 14.0. The van der Waals surface area contributed by atoms with E-state index in [0.29, 0.717) is 25.2 Å². The summed E-state index contributed by atoms with van der Waals surface area (Å²) in [6, 6.07) is 6.37. The molecule has 0 saturated carbocycles. The van der Waals surface area contributed by atoms with E-state index in [-0.39, 0.29) is 17.9 Å². The van der Waals surface area contributed by atoms with Crippen LogP contribution < -0.4 is 0 Å². The van der Waals surface area contributed by atoms with Gasteiger partial charge in [0.15, 0.2) is 0 Å². The maximum Gasteiger partial charge on any atom is 0.308 e. The first-order valence-electron chi connectivity index (χ1n) is 8.32. The lowest BCUT2D eigenvalue weighted by atomic mass is 10.1. The highest BCUT2D eigenvalue weighted by Crippen LogP contribution is 2.27. The lowest BCUT2D eigenvalue weighted by molar-refractivity contribution is -0.149. The summed E-state index contributed by atoms with van der Waals surface area (Å²) >= 11 is 0. The summed E-state index contributed by atoms with van der Waals surface area (Å²) in [5, 5.41) is 4.11. The van der Waals surface area contributed by atoms with Crippen LogP contribution in [0.15, 0.2) is 36.7 Å². The second kappa shape index (κ2) is 7.46. The fourth-order valence-corrected chi connectivity index (χ4v) is 3.02. The fraction of sp³-hybridized carbons (Fsp3) is 0.389. The van der Waals surface area contributed by atoms with Gasteiger partial charge in [0.25, 0.3) is 0 Å². The number of likely N-dealkylation sites (tertiary alicyclic amines) is 1. The summed E-state index contributed by atoms with van der Waals surface area (Å²) in [5.74, 6) is -0.846. The first-order valence-corrected chi connectivity index (χ1v) is 8.32. The highest BCUT2D eigenvalue weighted by atomic mass is 19.1. The number of ether oxygens (including phenoxy) is 1. The molecule has 1 aromatic heterocycles. The molecule has 1 saturated heterocycles. The number of amides is 1. The van der Waals surface area contributed by atoms with Crippen molar-refractivity contribution < 1.29 is 18.7 Å². The van der Waals surface area contributed by atoms with Crippen LogP contribution in [-0.2, 0) is 14.3 Å². The Morgan fingerprint density at radius 2 is 2.24 bits per heavy atom. The number of halogens is 1. The van der Waals surface area contributed by atoms with Crippen LogP contribution in [0.2, 0.25) is 0 Å². The predicted octanol–water partition coefficient (Wildman–Crippen LogP) is 2.63. The van der Waals surface area contributed by atoms with Gasteiger partial charge in [-0.1, -0.05) is 6.07 Å². The van der Waals surface area contributed by atoms with Gasteiger partial charge in [-0.25, -0.2) is 9.07 Å². The SMILES string of the molecule is C[C@@H](OC(=O)CCN1CCCC1=O)c1c(F)cccc1-n1cccn1. The van der Waals surface area contributed by atoms with Crippen molar-refractivity contribution in [2.24, 2.45) is 0 Å². The van der Waals surface area contributed by atoms with Crippen molar-refractivity contribution in [1.29, 1.82) is 0 Å². The van der Waals surface area contributed by atoms with Crippen LogP contribution in [0.3, 0.4) is 0 Å². The molecule has 1 fully saturated rings. The molecular weight excluding hydrogens is 325 g/mol. The fourth-order valence-electron chi connectivity index (χ4n) is 3.02. The zero-order valence-corrected chi connectivity index (χ0v) is 14.0. The molecule has 1 aliphatic heterocycles. The van der Waals surface area contributed by atoms with Gasteiger partial charge in [-0.05, 0) is 31.5 Å². The van der Waals surface area contributed by atoms with E-state index in [2.05, 4.69) is 5.10 Å². The minimum atomic E-state index is -0.762. The first-order chi connectivity index (χ1) is 12.1. The van der Waals surface area contributed by atoms with Gasteiger partial charge in [0.2, 0.25) is 5.91 Å². The molecule has 2 heterocycles. The standard InChI is InChI=1S/C18H20FN3O3/c1-13(25-17(24)8-12-21-10-3-7-16(21)23)18-14(19)5-2-6-15(18)22-11-4-9-20-22/h2,4-6,9,11,13H,3,7-8,10,12H2,1H3/t13-/m1/s1. The largest absolute Gasteiger partial charge is 0.458 e. The Morgan fingerprint density at radius 1 is 1.40 bits per heavy atom. The van der Waals surface area contributed by atoms with Gasteiger partial charge in [-0.3, -0.25) is 9.59 Å². The van der Waals surface area contributed by atoms with Crippen molar-refractivity contribution in [3.63, 3.8) is 0 Å². The van der Waals surface area contributed by atoms with Crippen LogP contribution in [0.4, 0.5) is 4.39 Å². The van der Waals surface area contributed by atoms with Gasteiger partial charge in [-0.15, -0.1) is 0 Å². The molecule has 7 heteroatoms. The molecule has 0 bridgehead atoms. The van der Waals surface area contributed by atoms with E-state index >= 15 is 0 Å². The minimum Gasteiger partial charge on any atom is -0.458 e. The van der Waals surface area contributed by atoms with Crippen molar-refractivity contribution in [3.05, 3.63) is 48.0 Å². The van der Waals surface area contributed by atoms with Crippen molar-refractivity contribution in [3.8, 4) is 5.69 Å². The lowest BCUT2D eigenvalue weighted by Crippen LogP contribution is -2.28. The molecule has 1 aliphatic rings. The van der Waals surface area contributed by atoms with Gasteiger partial charge in [-0.2, -0.15) is 5.10 Å². The molecular formula is C18H20FN3O3. The van der Waals surface area contributed by atoms with Crippen LogP contribution in [0.25, 0.3) is 5.69 Å². The molecule has 0 unspecified atom stereocenters. The van der Waals surface area contributed by atoms with E-state index in [0.717, 1.165) is 6.42 Å². The monoisotopic (exact) mass is 345 g/mol. The maximum atomic E-state index is 14.3. The molecule has 0 N–H and O–H groups in total. The average Bonchev–Trinajstić information content (AvgIpc) is 3.24. The van der Waals surface area contributed by atoms with Crippen molar-refractivity contribution >= 4 is 11.9 Å². The van der Waals surface area contributed by atoms with Crippen LogP contribution in [-0.4, -0.2) is 39.6 Å². The first kappa shape index (κ1) is 17.1. The van der Waals surface area contributed by atoms with Gasteiger partial charge in [0.1, 0.15) is 11.9 Å². The number of rotatable bonds is 6. The normalized spacial score (nSPS) is 15.4. The molecule has 1 atom stereocenters. The molecule has 2 aromatic rings. The predicted molar refractivity (Wildman–Crippen MR) is 88.5 cm³/mol. The van der Waals surface area contributed by atoms with Crippen LogP contribution in [0.1, 0.15) is 37.9 Å². The van der Waals surface area contributed by atoms with Crippen molar-refractivity contribution in [2.45, 2.75) is 32.3 Å². The van der Waals surface area contributed by atoms with Crippen molar-refractivity contribution in [1.82, 2.24) is 14.7 Å². The highest BCUT2D eigenvalue weighted by molar-refractivity contribution is 5.79. The molecule has 0 aliphatic carbocycles. The smallest absolute Gasteiger partial charge is 0.308 e. The van der Waals surface area contributed by atoms with E-state index < -0.39 is 17.9 Å². The molecule has 25 heavy (non-hydrogen) atoms. The molecule has 3 rings (SSSR count). The summed E-state index contributed by atoms with van der Waals surface area (Å²) in [5.41, 5.74) is 0.803. The highest BCUT2D eigenvalue weighted by Gasteiger charge is 2.23. The van der Waals surface area contributed by atoms with E-state index in [1.165, 1.54) is 10.7 Å². The van der Waals surface area contributed by atoms with Gasteiger partial charge < -0.3 is 9.64 Å². The number of hydrogen-bond donors (Lipinski definition) is 0. The molecule has 6 nitrogen and oxygen atoms in total. The molecule has 1 amide bonds. The number of esters is 1. The molecule has 132 valence electrons. The third-order valence-electron chi connectivity index (χ3n) is 4.25. The van der Waals surface area contributed by atoms with E-state index in [4.69, 9.17) is 4.74 Å². The topological polar surface area (TPSA) is 64.4 Å². The van der Waals surface area contributed by atoms with Gasteiger partial charge in [0.05, 0.1) is 17.7 Å². The Kier molecular flexibility index (Phi) is 5.11. The summed E-state index contributed by atoms with van der Waals surface area (Å²) < 4.78 is 21.3. The molecule has 1 aromatic carbocycles. The zero-order chi connectivity index (χ0) is 17.8. The van der Waals surface area contributed by atoms with Crippen LogP contribution >= 0.6 is 0 Å². The second-order valence-corrected chi connectivity index (χ2v) is 5.99. The van der Waals surface area contributed by atoms with E-state index in [1.807, 2.05) is 0 Å². The number of carbonyl (C=O) groups excluding carboxylic acids is 2. The maximum absolute atomic E-state index is 14.3. The quantitative estimate of drug-likeness (QED) is 0.755. The Balaban J connectivity index is 1.68. The molecule has 0 radical (unpaired) electrons. The van der Waals surface area contributed by atoms with E-state index in [1.54, 1.807) is 42.4 Å². The number of nitrogens with zero attached hydrogens (tertiary/aromatic N) is 3. The second-order valence-electron chi connectivity index (χ2n) is 5.99. The number of aromatic nitrogens is 2. The van der Waals surface area contributed by atoms with Gasteiger partial charge >= 0.3 is 5.97 Å². The summed E-state index contributed by atoms with van der Waals surface area (Å²) in [6.45, 7) is 2.65. The average molecular weight is 345 g/mol. The van der Waals surface area contributed by atoms with Gasteiger partial charge in [0, 0.05) is 31.9 Å². The summed E-state index contributed by atoms with van der Waals surface area (Å²) in [6.07, 6.45) is 3.99.